The molecule has 1 aromatic carbocycles. The number of Topliss-reactive ketones (excluding diaryl/α,β-unsaturated/α-hetero) is 1. The zero-order chi connectivity index (χ0) is 11.4. The third-order valence-electron chi connectivity index (χ3n) is 2.06. The molecule has 0 saturated carbocycles. The number of alkyl halides is 2. The van der Waals surface area contributed by atoms with Gasteiger partial charge in [0.25, 0.3) is 6.43 Å². The summed E-state index contributed by atoms with van der Waals surface area (Å²) in [5, 5.41) is 8.84. The summed E-state index contributed by atoms with van der Waals surface area (Å²) in [5.41, 5.74) is 1.33. The standard InChI is InChI=1S/C11H12F2O2/c1-7-2-4-8(5-3-7)9(14)6-10(15)11(12)13/h2-5,10-11,15H,6H2,1H3. The summed E-state index contributed by atoms with van der Waals surface area (Å²) in [5.74, 6) is -0.470. The average Bonchev–Trinajstić information content (AvgIpc) is 2.18. The maximum Gasteiger partial charge on any atom is 0.264 e. The molecule has 0 aliphatic rings. The lowest BCUT2D eigenvalue weighted by Gasteiger charge is -2.08. The van der Waals surface area contributed by atoms with Gasteiger partial charge in [0.05, 0.1) is 0 Å². The van der Waals surface area contributed by atoms with Gasteiger partial charge in [0.15, 0.2) is 5.78 Å². The van der Waals surface area contributed by atoms with E-state index < -0.39 is 24.7 Å². The van der Waals surface area contributed by atoms with Crippen molar-refractivity contribution < 1.29 is 18.7 Å². The van der Waals surface area contributed by atoms with Crippen LogP contribution < -0.4 is 0 Å². The lowest BCUT2D eigenvalue weighted by Crippen LogP contribution is -2.21. The van der Waals surface area contributed by atoms with Gasteiger partial charge in [0.2, 0.25) is 0 Å². The first-order chi connectivity index (χ1) is 7.00. The van der Waals surface area contributed by atoms with Crippen molar-refractivity contribution in [2.24, 2.45) is 0 Å². The molecule has 1 rings (SSSR count). The molecule has 0 bridgehead atoms. The molecule has 2 nitrogen and oxygen atoms in total. The Bertz CT molecular complexity index is 333. The summed E-state index contributed by atoms with van der Waals surface area (Å²) < 4.78 is 23.9. The molecule has 1 N–H and O–H groups in total. The molecule has 0 amide bonds. The molecule has 0 radical (unpaired) electrons. The minimum atomic E-state index is -2.88. The highest BCUT2D eigenvalue weighted by molar-refractivity contribution is 5.96. The van der Waals surface area contributed by atoms with Crippen molar-refractivity contribution in [3.8, 4) is 0 Å². The summed E-state index contributed by atoms with van der Waals surface area (Å²) >= 11 is 0. The number of ketones is 1. The average molecular weight is 214 g/mol. The van der Waals surface area contributed by atoms with Gasteiger partial charge >= 0.3 is 0 Å². The number of aliphatic hydroxyl groups excluding tert-OH is 1. The Hall–Kier alpha value is -1.29. The maximum atomic E-state index is 12.0. The lowest BCUT2D eigenvalue weighted by atomic mass is 10.0. The van der Waals surface area contributed by atoms with Gasteiger partial charge in [-0.1, -0.05) is 29.8 Å². The molecular formula is C11H12F2O2. The first-order valence-corrected chi connectivity index (χ1v) is 4.57. The van der Waals surface area contributed by atoms with Crippen molar-refractivity contribution in [2.75, 3.05) is 0 Å². The van der Waals surface area contributed by atoms with E-state index in [0.29, 0.717) is 5.56 Å². The smallest absolute Gasteiger partial charge is 0.264 e. The fourth-order valence-electron chi connectivity index (χ4n) is 1.14. The molecule has 1 unspecified atom stereocenters. The number of rotatable bonds is 4. The largest absolute Gasteiger partial charge is 0.387 e. The van der Waals surface area contributed by atoms with Crippen LogP contribution in [0, 0.1) is 6.92 Å². The van der Waals surface area contributed by atoms with E-state index in [0.717, 1.165) is 5.56 Å². The third kappa shape index (κ3) is 3.40. The van der Waals surface area contributed by atoms with Crippen molar-refractivity contribution in [3.05, 3.63) is 35.4 Å². The maximum absolute atomic E-state index is 12.0. The van der Waals surface area contributed by atoms with Crippen LogP contribution in [-0.2, 0) is 0 Å². The van der Waals surface area contributed by atoms with Crippen LogP contribution in [0.15, 0.2) is 24.3 Å². The third-order valence-corrected chi connectivity index (χ3v) is 2.06. The molecule has 0 heterocycles. The number of aliphatic hydroxyl groups is 1. The molecule has 1 atom stereocenters. The van der Waals surface area contributed by atoms with E-state index in [4.69, 9.17) is 5.11 Å². The van der Waals surface area contributed by atoms with Gasteiger partial charge in [-0.05, 0) is 6.92 Å². The number of carbonyl (C=O) groups is 1. The topological polar surface area (TPSA) is 37.3 Å². The Labute approximate surface area is 86.5 Å². The fraction of sp³-hybridized carbons (Fsp3) is 0.364. The second-order valence-corrected chi connectivity index (χ2v) is 3.40. The van der Waals surface area contributed by atoms with E-state index in [-0.39, 0.29) is 0 Å². The Balaban J connectivity index is 2.65. The van der Waals surface area contributed by atoms with Crippen LogP contribution in [0.4, 0.5) is 8.78 Å². The first-order valence-electron chi connectivity index (χ1n) is 4.57. The Morgan fingerprint density at radius 3 is 2.33 bits per heavy atom. The zero-order valence-corrected chi connectivity index (χ0v) is 8.28. The predicted molar refractivity (Wildman–Crippen MR) is 52.1 cm³/mol. The number of carbonyl (C=O) groups excluding carboxylic acids is 1. The van der Waals surface area contributed by atoms with Crippen molar-refractivity contribution in [3.63, 3.8) is 0 Å². The monoisotopic (exact) mass is 214 g/mol. The Morgan fingerprint density at radius 2 is 1.87 bits per heavy atom. The predicted octanol–water partition coefficient (Wildman–Crippen LogP) is 2.19. The van der Waals surface area contributed by atoms with Gasteiger partial charge in [-0.3, -0.25) is 4.79 Å². The van der Waals surface area contributed by atoms with E-state index in [9.17, 15) is 13.6 Å². The summed E-state index contributed by atoms with van der Waals surface area (Å²) in [4.78, 5) is 11.4. The highest BCUT2D eigenvalue weighted by atomic mass is 19.3. The van der Waals surface area contributed by atoms with Gasteiger partial charge in [-0.25, -0.2) is 8.78 Å². The van der Waals surface area contributed by atoms with Crippen LogP contribution in [0.2, 0.25) is 0 Å². The molecule has 0 spiro atoms. The summed E-state index contributed by atoms with van der Waals surface area (Å²) in [6.07, 6.45) is -5.29. The molecule has 0 aliphatic carbocycles. The summed E-state index contributed by atoms with van der Waals surface area (Å²) in [7, 11) is 0. The molecule has 82 valence electrons. The highest BCUT2D eigenvalue weighted by Gasteiger charge is 2.20. The highest BCUT2D eigenvalue weighted by Crippen LogP contribution is 2.11. The molecule has 0 aromatic heterocycles. The van der Waals surface area contributed by atoms with Gasteiger partial charge in [-0.2, -0.15) is 0 Å². The number of benzene rings is 1. The molecule has 4 heteroatoms. The number of halogens is 2. The van der Waals surface area contributed by atoms with E-state index in [1.807, 2.05) is 6.92 Å². The van der Waals surface area contributed by atoms with Crippen molar-refractivity contribution >= 4 is 5.78 Å². The lowest BCUT2D eigenvalue weighted by molar-refractivity contribution is -0.00608. The normalized spacial score (nSPS) is 12.9. The number of aryl methyl sites for hydroxylation is 1. The van der Waals surface area contributed by atoms with Crippen LogP contribution in [-0.4, -0.2) is 23.4 Å². The quantitative estimate of drug-likeness (QED) is 0.780. The van der Waals surface area contributed by atoms with Crippen LogP contribution in [0.1, 0.15) is 22.3 Å². The van der Waals surface area contributed by atoms with Crippen molar-refractivity contribution in [2.45, 2.75) is 25.9 Å². The molecule has 1 aromatic rings. The van der Waals surface area contributed by atoms with Gasteiger partial charge in [-0.15, -0.1) is 0 Å². The van der Waals surface area contributed by atoms with Gasteiger partial charge in [0, 0.05) is 12.0 Å². The van der Waals surface area contributed by atoms with Crippen LogP contribution in [0.5, 0.6) is 0 Å². The molecule has 0 aliphatic heterocycles. The van der Waals surface area contributed by atoms with Crippen LogP contribution >= 0.6 is 0 Å². The molecule has 15 heavy (non-hydrogen) atoms. The van der Waals surface area contributed by atoms with Crippen LogP contribution in [0.25, 0.3) is 0 Å². The van der Waals surface area contributed by atoms with Gasteiger partial charge < -0.3 is 5.11 Å². The molecule has 0 saturated heterocycles. The van der Waals surface area contributed by atoms with E-state index >= 15 is 0 Å². The summed E-state index contributed by atoms with van der Waals surface area (Å²) in [6.45, 7) is 1.86. The minimum Gasteiger partial charge on any atom is -0.387 e. The zero-order valence-electron chi connectivity index (χ0n) is 8.28. The summed E-state index contributed by atoms with van der Waals surface area (Å²) in [6, 6.07) is 6.58. The fourth-order valence-corrected chi connectivity index (χ4v) is 1.14. The Morgan fingerprint density at radius 1 is 1.33 bits per heavy atom. The minimum absolute atomic E-state index is 0.348. The first kappa shape index (κ1) is 11.8. The second kappa shape index (κ2) is 4.98. The van der Waals surface area contributed by atoms with E-state index in [1.54, 1.807) is 24.3 Å². The van der Waals surface area contributed by atoms with E-state index in [1.165, 1.54) is 0 Å². The molecule has 0 fully saturated rings. The van der Waals surface area contributed by atoms with Crippen LogP contribution in [0.3, 0.4) is 0 Å². The number of hydrogen-bond acceptors (Lipinski definition) is 2. The Kier molecular flexibility index (Phi) is 3.91. The molecular weight excluding hydrogens is 202 g/mol. The van der Waals surface area contributed by atoms with Gasteiger partial charge in [0.1, 0.15) is 6.10 Å². The SMILES string of the molecule is Cc1ccc(C(=O)CC(O)C(F)F)cc1. The van der Waals surface area contributed by atoms with Crippen molar-refractivity contribution in [1.29, 1.82) is 0 Å². The van der Waals surface area contributed by atoms with Crippen molar-refractivity contribution in [1.82, 2.24) is 0 Å². The van der Waals surface area contributed by atoms with E-state index in [2.05, 4.69) is 0 Å². The number of hydrogen-bond donors (Lipinski definition) is 1. The second-order valence-electron chi connectivity index (χ2n) is 3.40.